The highest BCUT2D eigenvalue weighted by Crippen LogP contribution is 2.19. The van der Waals surface area contributed by atoms with Crippen molar-refractivity contribution in [2.45, 2.75) is 44.7 Å². The third kappa shape index (κ3) is 2.98. The maximum absolute atomic E-state index is 8.60. The van der Waals surface area contributed by atoms with Crippen molar-refractivity contribution >= 4 is 0 Å². The van der Waals surface area contributed by atoms with E-state index in [1.807, 2.05) is 0 Å². The number of nitrogens with one attached hydrogen (secondary N) is 1. The molecular weight excluding hydrogens is 164 g/mol. The standard InChI is InChI=1S/C10H18N2O/c1-3-9(4-6-11)12-10(2)5-7-13-8-10/h9,12H,3-5,7-8H2,1-2H3. The molecule has 1 fully saturated rings. The van der Waals surface area contributed by atoms with Gasteiger partial charge in [0, 0.05) is 18.2 Å². The van der Waals surface area contributed by atoms with Gasteiger partial charge in [-0.05, 0) is 19.8 Å². The molecule has 13 heavy (non-hydrogen) atoms. The van der Waals surface area contributed by atoms with Gasteiger partial charge in [-0.1, -0.05) is 6.92 Å². The van der Waals surface area contributed by atoms with Gasteiger partial charge in [0.2, 0.25) is 0 Å². The molecule has 1 N–H and O–H groups in total. The van der Waals surface area contributed by atoms with Crippen LogP contribution < -0.4 is 5.32 Å². The summed E-state index contributed by atoms with van der Waals surface area (Å²) in [6.07, 6.45) is 2.64. The Hall–Kier alpha value is -0.590. The molecule has 2 atom stereocenters. The molecule has 0 amide bonds. The molecule has 0 aliphatic carbocycles. The van der Waals surface area contributed by atoms with Crippen LogP contribution in [-0.2, 0) is 4.74 Å². The van der Waals surface area contributed by atoms with E-state index in [1.54, 1.807) is 0 Å². The number of nitrogens with zero attached hydrogens (tertiary/aromatic N) is 1. The maximum atomic E-state index is 8.60. The maximum Gasteiger partial charge on any atom is 0.0646 e. The number of hydrogen-bond acceptors (Lipinski definition) is 3. The van der Waals surface area contributed by atoms with Gasteiger partial charge in [-0.25, -0.2) is 0 Å². The molecule has 1 heterocycles. The minimum atomic E-state index is 0.0948. The van der Waals surface area contributed by atoms with E-state index >= 15 is 0 Å². The van der Waals surface area contributed by atoms with Gasteiger partial charge >= 0.3 is 0 Å². The summed E-state index contributed by atoms with van der Waals surface area (Å²) in [4.78, 5) is 0. The first-order valence-corrected chi connectivity index (χ1v) is 4.92. The topological polar surface area (TPSA) is 45.0 Å². The van der Waals surface area contributed by atoms with Crippen molar-refractivity contribution in [2.24, 2.45) is 0 Å². The highest BCUT2D eigenvalue weighted by molar-refractivity contribution is 4.92. The van der Waals surface area contributed by atoms with E-state index in [1.165, 1.54) is 0 Å². The van der Waals surface area contributed by atoms with Gasteiger partial charge in [-0.2, -0.15) is 5.26 Å². The first-order chi connectivity index (χ1) is 6.20. The first kappa shape index (κ1) is 10.5. The van der Waals surface area contributed by atoms with E-state index < -0.39 is 0 Å². The van der Waals surface area contributed by atoms with E-state index in [-0.39, 0.29) is 5.54 Å². The van der Waals surface area contributed by atoms with Crippen molar-refractivity contribution in [3.63, 3.8) is 0 Å². The molecule has 1 saturated heterocycles. The fraction of sp³-hybridized carbons (Fsp3) is 0.900. The minimum Gasteiger partial charge on any atom is -0.379 e. The molecule has 3 heteroatoms. The van der Waals surface area contributed by atoms with E-state index in [0.29, 0.717) is 12.5 Å². The van der Waals surface area contributed by atoms with Gasteiger partial charge in [-0.3, -0.25) is 0 Å². The van der Waals surface area contributed by atoms with Gasteiger partial charge in [-0.15, -0.1) is 0 Å². The molecule has 74 valence electrons. The Balaban J connectivity index is 2.40. The molecule has 1 aliphatic heterocycles. The van der Waals surface area contributed by atoms with Crippen LogP contribution in [-0.4, -0.2) is 24.8 Å². The lowest BCUT2D eigenvalue weighted by Crippen LogP contribution is -2.48. The third-order valence-corrected chi connectivity index (χ3v) is 2.60. The summed E-state index contributed by atoms with van der Waals surface area (Å²) in [6.45, 7) is 5.88. The summed E-state index contributed by atoms with van der Waals surface area (Å²) in [7, 11) is 0. The molecule has 1 aliphatic rings. The van der Waals surface area contributed by atoms with Gasteiger partial charge in [0.25, 0.3) is 0 Å². The Morgan fingerprint density at radius 1 is 1.69 bits per heavy atom. The molecule has 0 saturated carbocycles. The van der Waals surface area contributed by atoms with Crippen molar-refractivity contribution in [3.05, 3.63) is 0 Å². The van der Waals surface area contributed by atoms with E-state index in [4.69, 9.17) is 10.00 Å². The third-order valence-electron chi connectivity index (χ3n) is 2.60. The summed E-state index contributed by atoms with van der Waals surface area (Å²) in [6, 6.07) is 2.52. The van der Waals surface area contributed by atoms with Crippen molar-refractivity contribution in [2.75, 3.05) is 13.2 Å². The molecular formula is C10H18N2O. The van der Waals surface area contributed by atoms with Crippen LogP contribution in [0.2, 0.25) is 0 Å². The van der Waals surface area contributed by atoms with Gasteiger partial charge in [0.05, 0.1) is 19.1 Å². The Labute approximate surface area is 80.1 Å². The van der Waals surface area contributed by atoms with Crippen molar-refractivity contribution in [1.29, 1.82) is 5.26 Å². The van der Waals surface area contributed by atoms with E-state index in [0.717, 1.165) is 26.1 Å². The summed E-state index contributed by atoms with van der Waals surface area (Å²) in [5.74, 6) is 0. The number of rotatable bonds is 4. The van der Waals surface area contributed by atoms with Gasteiger partial charge < -0.3 is 10.1 Å². The molecule has 0 aromatic carbocycles. The molecule has 3 nitrogen and oxygen atoms in total. The average Bonchev–Trinajstić information content (AvgIpc) is 2.51. The zero-order chi connectivity index (χ0) is 9.73. The Bertz CT molecular complexity index is 192. The van der Waals surface area contributed by atoms with Crippen molar-refractivity contribution in [1.82, 2.24) is 5.32 Å². The number of ether oxygens (including phenoxy) is 1. The van der Waals surface area contributed by atoms with Crippen LogP contribution in [0.25, 0.3) is 0 Å². The lowest BCUT2D eigenvalue weighted by atomic mass is 9.99. The monoisotopic (exact) mass is 182 g/mol. The smallest absolute Gasteiger partial charge is 0.0646 e. The van der Waals surface area contributed by atoms with E-state index in [9.17, 15) is 0 Å². The highest BCUT2D eigenvalue weighted by atomic mass is 16.5. The summed E-state index contributed by atoms with van der Waals surface area (Å²) in [5, 5.41) is 12.1. The molecule has 0 radical (unpaired) electrons. The summed E-state index contributed by atoms with van der Waals surface area (Å²) < 4.78 is 5.34. The largest absolute Gasteiger partial charge is 0.379 e. The van der Waals surface area contributed by atoms with Crippen molar-refractivity contribution < 1.29 is 4.74 Å². The minimum absolute atomic E-state index is 0.0948. The Kier molecular flexibility index (Phi) is 3.71. The predicted molar refractivity (Wildman–Crippen MR) is 51.3 cm³/mol. The quantitative estimate of drug-likeness (QED) is 0.715. The second-order valence-corrected chi connectivity index (χ2v) is 3.97. The van der Waals surface area contributed by atoms with Crippen LogP contribution >= 0.6 is 0 Å². The zero-order valence-electron chi connectivity index (χ0n) is 8.47. The van der Waals surface area contributed by atoms with Crippen LogP contribution in [0.1, 0.15) is 33.1 Å². The number of nitriles is 1. The van der Waals surface area contributed by atoms with Crippen LogP contribution in [0.5, 0.6) is 0 Å². The van der Waals surface area contributed by atoms with Gasteiger partial charge in [0.15, 0.2) is 0 Å². The number of hydrogen-bond donors (Lipinski definition) is 1. The average molecular weight is 182 g/mol. The Morgan fingerprint density at radius 3 is 2.92 bits per heavy atom. The Morgan fingerprint density at radius 2 is 2.46 bits per heavy atom. The normalized spacial score (nSPS) is 29.9. The summed E-state index contributed by atoms with van der Waals surface area (Å²) in [5.41, 5.74) is 0.0948. The zero-order valence-corrected chi connectivity index (χ0v) is 8.47. The van der Waals surface area contributed by atoms with Crippen LogP contribution in [0.4, 0.5) is 0 Å². The highest BCUT2D eigenvalue weighted by Gasteiger charge is 2.30. The SMILES string of the molecule is CCC(CC#N)NC1(C)CCOC1. The van der Waals surface area contributed by atoms with Crippen LogP contribution in [0.15, 0.2) is 0 Å². The molecule has 1 rings (SSSR count). The lowest BCUT2D eigenvalue weighted by Gasteiger charge is -2.28. The predicted octanol–water partition coefficient (Wildman–Crippen LogP) is 1.45. The molecule has 0 aromatic rings. The van der Waals surface area contributed by atoms with Gasteiger partial charge in [0.1, 0.15) is 0 Å². The van der Waals surface area contributed by atoms with Crippen LogP contribution in [0, 0.1) is 11.3 Å². The second-order valence-electron chi connectivity index (χ2n) is 3.97. The molecule has 2 unspecified atom stereocenters. The fourth-order valence-electron chi connectivity index (χ4n) is 1.68. The lowest BCUT2D eigenvalue weighted by molar-refractivity contribution is 0.166. The molecule has 0 aromatic heterocycles. The van der Waals surface area contributed by atoms with Crippen LogP contribution in [0.3, 0.4) is 0 Å². The second kappa shape index (κ2) is 4.59. The fourth-order valence-corrected chi connectivity index (χ4v) is 1.68. The molecule has 0 spiro atoms. The van der Waals surface area contributed by atoms with E-state index in [2.05, 4.69) is 25.2 Å². The first-order valence-electron chi connectivity index (χ1n) is 4.92. The summed E-state index contributed by atoms with van der Waals surface area (Å²) >= 11 is 0. The molecule has 0 bridgehead atoms. The van der Waals surface area contributed by atoms with Crippen molar-refractivity contribution in [3.8, 4) is 6.07 Å².